The first kappa shape index (κ1) is 22.2. The van der Waals surface area contributed by atoms with Gasteiger partial charge in [0.05, 0.1) is 21.4 Å². The molecule has 8 nitrogen and oxygen atoms in total. The Balaban J connectivity index is 1.55. The van der Waals surface area contributed by atoms with Crippen molar-refractivity contribution in [2.24, 2.45) is 0 Å². The number of rotatable bonds is 5. The van der Waals surface area contributed by atoms with E-state index in [0.717, 1.165) is 35.8 Å². The van der Waals surface area contributed by atoms with Crippen molar-refractivity contribution in [2.75, 3.05) is 14.1 Å². The second kappa shape index (κ2) is 8.84. The minimum Gasteiger partial charge on any atom is -0.457 e. The maximum absolute atomic E-state index is 12.8. The Morgan fingerprint density at radius 2 is 1.94 bits per heavy atom. The number of carbonyl (C=O) groups is 1. The molecule has 1 aromatic heterocycles. The molecular weight excluding hydrogens is 430 g/mol. The summed E-state index contributed by atoms with van der Waals surface area (Å²) < 4.78 is 32.9. The fraction of sp³-hybridized carbons (Fsp3) is 0.348. The number of aromatic nitrogens is 2. The topological polar surface area (TPSA) is 98.6 Å². The number of carbonyl (C=O) groups excluding carboxylic acids is 1. The molecule has 9 heteroatoms. The van der Waals surface area contributed by atoms with Crippen molar-refractivity contribution in [2.45, 2.75) is 43.7 Å². The molecule has 0 aliphatic carbocycles. The van der Waals surface area contributed by atoms with Crippen LogP contribution in [0.25, 0.3) is 10.9 Å². The summed E-state index contributed by atoms with van der Waals surface area (Å²) in [5, 5.41) is 0.480. The Morgan fingerprint density at radius 3 is 2.72 bits per heavy atom. The molecule has 168 valence electrons. The van der Waals surface area contributed by atoms with Crippen LogP contribution in [0.4, 0.5) is 0 Å². The highest BCUT2D eigenvalue weighted by molar-refractivity contribution is 7.89. The van der Waals surface area contributed by atoms with Crippen molar-refractivity contribution < 1.29 is 17.9 Å². The van der Waals surface area contributed by atoms with E-state index in [0.29, 0.717) is 28.6 Å². The third-order valence-electron chi connectivity index (χ3n) is 5.60. The number of sulfonamides is 1. The van der Waals surface area contributed by atoms with E-state index in [9.17, 15) is 18.0 Å². The molecule has 32 heavy (non-hydrogen) atoms. The van der Waals surface area contributed by atoms with Crippen molar-refractivity contribution in [3.63, 3.8) is 0 Å². The molecule has 0 saturated heterocycles. The molecule has 0 atom stereocenters. The van der Waals surface area contributed by atoms with Crippen LogP contribution in [0.2, 0.25) is 0 Å². The predicted octanol–water partition coefficient (Wildman–Crippen LogP) is 2.73. The summed E-state index contributed by atoms with van der Waals surface area (Å²) in [5.74, 6) is 0.189. The highest BCUT2D eigenvalue weighted by atomic mass is 32.2. The molecule has 0 saturated carbocycles. The van der Waals surface area contributed by atoms with Gasteiger partial charge in [0.2, 0.25) is 10.0 Å². The molecule has 2 aromatic carbocycles. The zero-order valence-electron chi connectivity index (χ0n) is 18.1. The third-order valence-corrected chi connectivity index (χ3v) is 7.41. The average Bonchev–Trinajstić information content (AvgIpc) is 3.03. The lowest BCUT2D eigenvalue weighted by molar-refractivity contribution is 0.0472. The van der Waals surface area contributed by atoms with Gasteiger partial charge in [-0.1, -0.05) is 18.6 Å². The molecule has 0 spiro atoms. The van der Waals surface area contributed by atoms with Crippen molar-refractivity contribution in [1.82, 2.24) is 13.9 Å². The standard InChI is InChI=1S/C23H25N3O5S/c1-25(2)32(29,30)18-8-6-7-16(13-18)15-31-23(28)17-10-11-19-20(14-17)24-21-9-4-3-5-12-26(21)22(19)27/h6-8,10-11,13-14H,3-5,9,12,15H2,1-2H3. The van der Waals surface area contributed by atoms with Crippen LogP contribution in [0, 0.1) is 0 Å². The molecule has 0 unspecified atom stereocenters. The van der Waals surface area contributed by atoms with Gasteiger partial charge in [-0.25, -0.2) is 22.5 Å². The number of fused-ring (bicyclic) bond motifs is 2. The van der Waals surface area contributed by atoms with Crippen molar-refractivity contribution in [1.29, 1.82) is 0 Å². The quantitative estimate of drug-likeness (QED) is 0.549. The Hall–Kier alpha value is -3.04. The van der Waals surface area contributed by atoms with Gasteiger partial charge in [0, 0.05) is 27.1 Å². The van der Waals surface area contributed by atoms with Gasteiger partial charge in [0.25, 0.3) is 5.56 Å². The number of aryl methyl sites for hydroxylation is 1. The fourth-order valence-corrected chi connectivity index (χ4v) is 4.76. The van der Waals surface area contributed by atoms with E-state index in [1.54, 1.807) is 34.9 Å². The Kier molecular flexibility index (Phi) is 6.12. The summed E-state index contributed by atoms with van der Waals surface area (Å²) in [5.41, 5.74) is 1.26. The Labute approximate surface area is 186 Å². The highest BCUT2D eigenvalue weighted by Gasteiger charge is 2.18. The van der Waals surface area contributed by atoms with Crippen molar-refractivity contribution in [3.05, 3.63) is 69.8 Å². The maximum Gasteiger partial charge on any atom is 0.338 e. The lowest BCUT2D eigenvalue weighted by atomic mass is 10.1. The van der Waals surface area contributed by atoms with E-state index in [2.05, 4.69) is 4.98 Å². The Morgan fingerprint density at radius 1 is 1.12 bits per heavy atom. The summed E-state index contributed by atoms with van der Waals surface area (Å²) in [7, 11) is -0.658. The van der Waals surface area contributed by atoms with Crippen LogP contribution in [0.3, 0.4) is 0 Å². The van der Waals surface area contributed by atoms with E-state index in [-0.39, 0.29) is 17.1 Å². The second-order valence-electron chi connectivity index (χ2n) is 8.04. The van der Waals surface area contributed by atoms with E-state index in [4.69, 9.17) is 4.74 Å². The summed E-state index contributed by atoms with van der Waals surface area (Å²) in [6.07, 6.45) is 3.75. The molecule has 1 aliphatic rings. The molecule has 0 amide bonds. The second-order valence-corrected chi connectivity index (χ2v) is 10.2. The van der Waals surface area contributed by atoms with Gasteiger partial charge < -0.3 is 4.74 Å². The molecule has 4 rings (SSSR count). The largest absolute Gasteiger partial charge is 0.457 e. The lowest BCUT2D eigenvalue weighted by Crippen LogP contribution is -2.24. The molecule has 0 bridgehead atoms. The van der Waals surface area contributed by atoms with Gasteiger partial charge >= 0.3 is 5.97 Å². The van der Waals surface area contributed by atoms with Gasteiger partial charge in [-0.2, -0.15) is 0 Å². The smallest absolute Gasteiger partial charge is 0.338 e. The van der Waals surface area contributed by atoms with Crippen LogP contribution in [0.5, 0.6) is 0 Å². The van der Waals surface area contributed by atoms with Gasteiger partial charge in [0.15, 0.2) is 0 Å². The van der Waals surface area contributed by atoms with Crippen LogP contribution in [0.1, 0.15) is 41.0 Å². The molecule has 0 N–H and O–H groups in total. The highest BCUT2D eigenvalue weighted by Crippen LogP contribution is 2.18. The summed E-state index contributed by atoms with van der Waals surface area (Å²) in [6.45, 7) is 0.595. The van der Waals surface area contributed by atoms with Gasteiger partial charge in [0.1, 0.15) is 12.4 Å². The van der Waals surface area contributed by atoms with Crippen molar-refractivity contribution in [3.8, 4) is 0 Å². The van der Waals surface area contributed by atoms with Crippen LogP contribution in [-0.2, 0) is 34.3 Å². The van der Waals surface area contributed by atoms with E-state index >= 15 is 0 Å². The minimum absolute atomic E-state index is 0.0755. The van der Waals surface area contributed by atoms with Crippen molar-refractivity contribution >= 4 is 26.9 Å². The van der Waals surface area contributed by atoms with Gasteiger partial charge in [-0.3, -0.25) is 9.36 Å². The van der Waals surface area contributed by atoms with E-state index in [1.165, 1.54) is 26.2 Å². The third kappa shape index (κ3) is 4.31. The summed E-state index contributed by atoms with van der Waals surface area (Å²) >= 11 is 0. The molecule has 0 fully saturated rings. The fourth-order valence-electron chi connectivity index (χ4n) is 3.78. The van der Waals surface area contributed by atoms with Gasteiger partial charge in [-0.05, 0) is 48.7 Å². The minimum atomic E-state index is -3.58. The molecular formula is C23H25N3O5S. The molecule has 1 aliphatic heterocycles. The first-order valence-corrected chi connectivity index (χ1v) is 11.9. The first-order chi connectivity index (χ1) is 15.3. The zero-order chi connectivity index (χ0) is 22.9. The summed E-state index contributed by atoms with van der Waals surface area (Å²) in [4.78, 5) is 30.2. The average molecular weight is 456 g/mol. The maximum atomic E-state index is 12.8. The number of benzene rings is 2. The first-order valence-electron chi connectivity index (χ1n) is 10.5. The molecule has 2 heterocycles. The van der Waals surface area contributed by atoms with E-state index in [1.807, 2.05) is 0 Å². The predicted molar refractivity (Wildman–Crippen MR) is 120 cm³/mol. The number of nitrogens with zero attached hydrogens (tertiary/aromatic N) is 3. The van der Waals surface area contributed by atoms with Crippen LogP contribution < -0.4 is 5.56 Å². The Bertz CT molecular complexity index is 1350. The lowest BCUT2D eigenvalue weighted by Gasteiger charge is -2.13. The van der Waals surface area contributed by atoms with Crippen LogP contribution in [0.15, 0.2) is 52.2 Å². The van der Waals surface area contributed by atoms with Gasteiger partial charge in [-0.15, -0.1) is 0 Å². The number of esters is 1. The van der Waals surface area contributed by atoms with Crippen LogP contribution >= 0.6 is 0 Å². The number of ether oxygens (including phenoxy) is 1. The van der Waals surface area contributed by atoms with E-state index < -0.39 is 16.0 Å². The SMILES string of the molecule is CN(C)S(=O)(=O)c1cccc(COC(=O)c2ccc3c(=O)n4c(nc3c2)CCCCC4)c1. The monoisotopic (exact) mass is 455 g/mol. The normalized spacial score (nSPS) is 14.2. The zero-order valence-corrected chi connectivity index (χ0v) is 18.9. The van der Waals surface area contributed by atoms with Crippen LogP contribution in [-0.4, -0.2) is 42.3 Å². The number of hydrogen-bond acceptors (Lipinski definition) is 6. The number of hydrogen-bond donors (Lipinski definition) is 0. The molecule has 0 radical (unpaired) electrons. The summed E-state index contributed by atoms with van der Waals surface area (Å²) in [6, 6.07) is 11.0. The molecule has 3 aromatic rings.